The minimum absolute atomic E-state index is 0.109. The fourth-order valence-corrected chi connectivity index (χ4v) is 7.40. The van der Waals surface area contributed by atoms with E-state index in [2.05, 4.69) is 12.1 Å². The number of alkyl halides is 3. The summed E-state index contributed by atoms with van der Waals surface area (Å²) in [5.41, 5.74) is 1.63. The van der Waals surface area contributed by atoms with E-state index < -0.39 is 17.7 Å². The maximum Gasteiger partial charge on any atom is 0.416 e. The molecule has 192 valence electrons. The largest absolute Gasteiger partial charge is 0.508 e. The molecular weight excluding hydrogens is 465 g/mol. The minimum Gasteiger partial charge on any atom is -0.508 e. The standard InChI is InChI=1S/C30H33F3O3/c1-2-36-28(35)25(23-6-4-7-24(15-23)30(31,32)33)8-3-5-19-9-10-26(27(34)14-19)29-16-20-11-21(17-29)13-22(12-20)18-29/h4,6-10,14-15,20-22,34H,2-3,5,11-13,16-18H2,1H3. The van der Waals surface area contributed by atoms with Gasteiger partial charge in [0.15, 0.2) is 0 Å². The fraction of sp³-hybridized carbons (Fsp3) is 0.500. The van der Waals surface area contributed by atoms with Crippen LogP contribution in [-0.4, -0.2) is 17.7 Å². The second-order valence-corrected chi connectivity index (χ2v) is 11.0. The quantitative estimate of drug-likeness (QED) is 0.318. The molecule has 4 aliphatic carbocycles. The summed E-state index contributed by atoms with van der Waals surface area (Å²) >= 11 is 0. The summed E-state index contributed by atoms with van der Waals surface area (Å²) in [7, 11) is 0. The summed E-state index contributed by atoms with van der Waals surface area (Å²) in [5, 5.41) is 11.0. The van der Waals surface area contributed by atoms with Crippen LogP contribution >= 0.6 is 0 Å². The van der Waals surface area contributed by atoms with Crippen molar-refractivity contribution in [3.63, 3.8) is 0 Å². The van der Waals surface area contributed by atoms with Crippen LogP contribution in [-0.2, 0) is 27.5 Å². The van der Waals surface area contributed by atoms with E-state index in [-0.39, 0.29) is 23.2 Å². The summed E-state index contributed by atoms with van der Waals surface area (Å²) in [5.74, 6) is 2.08. The third-order valence-corrected chi connectivity index (χ3v) is 8.45. The zero-order valence-corrected chi connectivity index (χ0v) is 20.6. The van der Waals surface area contributed by atoms with Crippen LogP contribution in [0.5, 0.6) is 5.75 Å². The Balaban J connectivity index is 1.33. The first-order valence-electron chi connectivity index (χ1n) is 13.0. The molecule has 4 fully saturated rings. The number of allylic oxidation sites excluding steroid dienone is 1. The lowest BCUT2D eigenvalue weighted by Crippen LogP contribution is -2.48. The predicted molar refractivity (Wildman–Crippen MR) is 132 cm³/mol. The fourth-order valence-electron chi connectivity index (χ4n) is 7.40. The van der Waals surface area contributed by atoms with E-state index >= 15 is 0 Å². The van der Waals surface area contributed by atoms with Crippen molar-refractivity contribution in [3.05, 3.63) is 70.8 Å². The van der Waals surface area contributed by atoms with Crippen LogP contribution in [0.25, 0.3) is 5.57 Å². The maximum absolute atomic E-state index is 13.2. The Hall–Kier alpha value is -2.76. The third-order valence-electron chi connectivity index (χ3n) is 8.45. The zero-order valence-electron chi connectivity index (χ0n) is 20.6. The summed E-state index contributed by atoms with van der Waals surface area (Å²) in [6.45, 7) is 1.80. The van der Waals surface area contributed by atoms with E-state index in [4.69, 9.17) is 4.74 Å². The Labute approximate surface area is 210 Å². The maximum atomic E-state index is 13.2. The van der Waals surface area contributed by atoms with Crippen molar-refractivity contribution in [1.29, 1.82) is 0 Å². The van der Waals surface area contributed by atoms with Crippen molar-refractivity contribution in [2.24, 2.45) is 17.8 Å². The predicted octanol–water partition coefficient (Wildman–Crippen LogP) is 7.46. The van der Waals surface area contributed by atoms with Crippen molar-refractivity contribution < 1.29 is 27.8 Å². The minimum atomic E-state index is -4.49. The van der Waals surface area contributed by atoms with Crippen molar-refractivity contribution in [3.8, 4) is 5.75 Å². The molecule has 2 aromatic carbocycles. The molecule has 0 atom stereocenters. The number of halogens is 3. The average molecular weight is 499 g/mol. The molecule has 36 heavy (non-hydrogen) atoms. The van der Waals surface area contributed by atoms with Gasteiger partial charge in [0, 0.05) is 5.56 Å². The number of hydrogen-bond acceptors (Lipinski definition) is 3. The van der Waals surface area contributed by atoms with Gasteiger partial charge in [0.1, 0.15) is 5.75 Å². The molecule has 0 radical (unpaired) electrons. The Morgan fingerprint density at radius 1 is 1.06 bits per heavy atom. The third kappa shape index (κ3) is 4.91. The van der Waals surface area contributed by atoms with Crippen molar-refractivity contribution in [2.45, 2.75) is 69.9 Å². The van der Waals surface area contributed by atoms with E-state index in [0.29, 0.717) is 18.6 Å². The number of carbonyl (C=O) groups is 1. The molecule has 6 rings (SSSR count). The topological polar surface area (TPSA) is 46.5 Å². The molecule has 0 aromatic heterocycles. The van der Waals surface area contributed by atoms with Crippen molar-refractivity contribution in [1.82, 2.24) is 0 Å². The summed E-state index contributed by atoms with van der Waals surface area (Å²) in [4.78, 5) is 12.5. The number of carbonyl (C=O) groups excluding carboxylic acids is 1. The molecular formula is C30H33F3O3. The normalized spacial score (nSPS) is 27.3. The van der Waals surface area contributed by atoms with E-state index in [9.17, 15) is 23.1 Å². The number of esters is 1. The van der Waals surface area contributed by atoms with Gasteiger partial charge in [-0.15, -0.1) is 0 Å². The van der Waals surface area contributed by atoms with Gasteiger partial charge in [0.05, 0.1) is 17.7 Å². The van der Waals surface area contributed by atoms with Gasteiger partial charge in [-0.25, -0.2) is 4.79 Å². The number of phenolic OH excluding ortho intramolecular Hbond substituents is 1. The zero-order chi connectivity index (χ0) is 25.5. The van der Waals surface area contributed by atoms with Gasteiger partial charge in [-0.3, -0.25) is 0 Å². The number of aromatic hydroxyl groups is 1. The number of benzene rings is 2. The molecule has 0 aliphatic heterocycles. The average Bonchev–Trinajstić information content (AvgIpc) is 2.80. The monoisotopic (exact) mass is 498 g/mol. The molecule has 6 heteroatoms. The Bertz CT molecular complexity index is 1130. The second kappa shape index (κ2) is 9.60. The smallest absolute Gasteiger partial charge is 0.416 e. The molecule has 0 saturated heterocycles. The number of rotatable bonds is 7. The number of ether oxygens (including phenoxy) is 1. The first-order chi connectivity index (χ1) is 17.2. The molecule has 0 unspecified atom stereocenters. The van der Waals surface area contributed by atoms with Gasteiger partial charge < -0.3 is 9.84 Å². The SMILES string of the molecule is CCOC(=O)C(=CCCc1ccc(C23CC4CC(CC(C4)C2)C3)c(O)c1)c1cccc(C(F)(F)F)c1. The molecule has 3 nitrogen and oxygen atoms in total. The highest BCUT2D eigenvalue weighted by Crippen LogP contribution is 2.61. The Morgan fingerprint density at radius 2 is 1.72 bits per heavy atom. The van der Waals surface area contributed by atoms with Crippen LogP contribution < -0.4 is 0 Å². The van der Waals surface area contributed by atoms with E-state index in [1.807, 2.05) is 6.07 Å². The van der Waals surface area contributed by atoms with Gasteiger partial charge in [0.2, 0.25) is 0 Å². The summed E-state index contributed by atoms with van der Waals surface area (Å²) < 4.78 is 44.7. The highest BCUT2D eigenvalue weighted by Gasteiger charge is 2.52. The molecule has 4 aliphatic rings. The van der Waals surface area contributed by atoms with E-state index in [1.165, 1.54) is 50.7 Å². The molecule has 4 saturated carbocycles. The first-order valence-corrected chi connectivity index (χ1v) is 13.0. The van der Waals surface area contributed by atoms with Gasteiger partial charge in [-0.2, -0.15) is 13.2 Å². The van der Waals surface area contributed by atoms with Crippen LogP contribution in [0, 0.1) is 17.8 Å². The van der Waals surface area contributed by atoms with Gasteiger partial charge >= 0.3 is 12.1 Å². The van der Waals surface area contributed by atoms with Gasteiger partial charge in [-0.1, -0.05) is 30.3 Å². The molecule has 4 bridgehead atoms. The number of aryl methyl sites for hydroxylation is 1. The van der Waals surface area contributed by atoms with Crippen LogP contribution in [0.3, 0.4) is 0 Å². The lowest BCUT2D eigenvalue weighted by Gasteiger charge is -2.57. The first kappa shape index (κ1) is 24.9. The molecule has 1 N–H and O–H groups in total. The van der Waals surface area contributed by atoms with Crippen LogP contribution in [0.15, 0.2) is 48.5 Å². The van der Waals surface area contributed by atoms with Crippen LogP contribution in [0.4, 0.5) is 13.2 Å². The molecule has 0 heterocycles. The second-order valence-electron chi connectivity index (χ2n) is 11.0. The van der Waals surface area contributed by atoms with Gasteiger partial charge in [-0.05, 0) is 111 Å². The highest BCUT2D eigenvalue weighted by molar-refractivity contribution is 6.16. The molecule has 0 spiro atoms. The number of hydrogen-bond donors (Lipinski definition) is 1. The molecule has 2 aromatic rings. The lowest BCUT2D eigenvalue weighted by atomic mass is 9.48. The van der Waals surface area contributed by atoms with Crippen molar-refractivity contribution >= 4 is 11.5 Å². The lowest BCUT2D eigenvalue weighted by molar-refractivity contribution is -0.138. The Morgan fingerprint density at radius 3 is 2.31 bits per heavy atom. The number of phenols is 1. The summed E-state index contributed by atoms with van der Waals surface area (Å²) in [6, 6.07) is 10.7. The van der Waals surface area contributed by atoms with Gasteiger partial charge in [0.25, 0.3) is 0 Å². The molecule has 0 amide bonds. The van der Waals surface area contributed by atoms with E-state index in [1.54, 1.807) is 13.0 Å². The Kier molecular flexibility index (Phi) is 6.65. The van der Waals surface area contributed by atoms with Crippen LogP contribution in [0.2, 0.25) is 0 Å². The highest BCUT2D eigenvalue weighted by atomic mass is 19.4. The summed E-state index contributed by atoms with van der Waals surface area (Å²) in [6.07, 6.45) is 5.69. The van der Waals surface area contributed by atoms with Crippen LogP contribution in [0.1, 0.15) is 74.1 Å². The van der Waals surface area contributed by atoms with E-state index in [0.717, 1.165) is 41.0 Å². The van der Waals surface area contributed by atoms with Crippen molar-refractivity contribution in [2.75, 3.05) is 6.61 Å².